The minimum atomic E-state index is -0.924. The van der Waals surface area contributed by atoms with Crippen LogP contribution in [-0.2, 0) is 6.54 Å². The van der Waals surface area contributed by atoms with Gasteiger partial charge in [-0.05, 0) is 40.2 Å². The molecule has 0 spiro atoms. The zero-order valence-electron chi connectivity index (χ0n) is 15.5. The summed E-state index contributed by atoms with van der Waals surface area (Å²) in [4.78, 5) is 27.5. The van der Waals surface area contributed by atoms with Gasteiger partial charge >= 0.3 is 0 Å². The Morgan fingerprint density at radius 2 is 2.03 bits per heavy atom. The average Bonchev–Trinajstić information content (AvgIpc) is 3.15. The van der Waals surface area contributed by atoms with Crippen molar-refractivity contribution in [3.8, 4) is 5.88 Å². The Bertz CT molecular complexity index is 1260. The lowest BCUT2D eigenvalue weighted by molar-refractivity contribution is 0.103. The summed E-state index contributed by atoms with van der Waals surface area (Å²) in [5.41, 5.74) is 1.07. The Hall–Kier alpha value is -3.40. The first-order valence-electron chi connectivity index (χ1n) is 8.72. The van der Waals surface area contributed by atoms with E-state index >= 15 is 0 Å². The average molecular weight is 474 g/mol. The van der Waals surface area contributed by atoms with Crippen molar-refractivity contribution in [3.05, 3.63) is 75.8 Å². The molecule has 10 heteroatoms. The molecule has 152 valence electrons. The highest BCUT2D eigenvalue weighted by Gasteiger charge is 2.20. The number of fused-ring (bicyclic) bond motifs is 1. The second kappa shape index (κ2) is 8.15. The molecular weight excluding hydrogens is 460 g/mol. The van der Waals surface area contributed by atoms with Crippen LogP contribution in [0.1, 0.15) is 21.5 Å². The summed E-state index contributed by atoms with van der Waals surface area (Å²) in [5.74, 6) is -1.54. The zero-order valence-corrected chi connectivity index (χ0v) is 17.1. The maximum atomic E-state index is 14.6. The van der Waals surface area contributed by atoms with Crippen LogP contribution >= 0.6 is 15.9 Å². The number of hydrogen-bond acceptors (Lipinski definition) is 6. The summed E-state index contributed by atoms with van der Waals surface area (Å²) < 4.78 is 33.8. The fraction of sp³-hybridized carbons (Fsp3) is 0.100. The standard InChI is InChI=1S/C20H14BrF2N5O2/c1-30-20-10(4-12(22)8-27-20)6-24-16-3-2-13(18(23)28-16)17(29)15-9-26-19-14(15)5-11(21)7-25-19/h2-5,7-9H,6H2,1H3,(H,24,28)(H,25,26). The van der Waals surface area contributed by atoms with Gasteiger partial charge in [-0.1, -0.05) is 0 Å². The van der Waals surface area contributed by atoms with Gasteiger partial charge in [0.15, 0.2) is 5.78 Å². The third kappa shape index (κ3) is 3.86. The van der Waals surface area contributed by atoms with Crippen molar-refractivity contribution < 1.29 is 18.3 Å². The van der Waals surface area contributed by atoms with Gasteiger partial charge in [-0.25, -0.2) is 19.3 Å². The molecule has 0 atom stereocenters. The molecule has 0 radical (unpaired) electrons. The van der Waals surface area contributed by atoms with Crippen molar-refractivity contribution in [1.82, 2.24) is 19.9 Å². The Morgan fingerprint density at radius 1 is 1.20 bits per heavy atom. The number of hydrogen-bond donors (Lipinski definition) is 2. The summed E-state index contributed by atoms with van der Waals surface area (Å²) in [6.45, 7) is 0.107. The van der Waals surface area contributed by atoms with Crippen molar-refractivity contribution in [3.63, 3.8) is 0 Å². The number of nitrogens with one attached hydrogen (secondary N) is 2. The maximum Gasteiger partial charge on any atom is 0.226 e. The van der Waals surface area contributed by atoms with E-state index in [1.807, 2.05) is 0 Å². The van der Waals surface area contributed by atoms with Crippen molar-refractivity contribution in [1.29, 1.82) is 0 Å². The lowest BCUT2D eigenvalue weighted by atomic mass is 10.0. The number of ether oxygens (including phenoxy) is 1. The Labute approximate surface area is 177 Å². The van der Waals surface area contributed by atoms with Gasteiger partial charge in [0.05, 0.1) is 18.9 Å². The van der Waals surface area contributed by atoms with Crippen LogP contribution in [0.15, 0.2) is 47.3 Å². The minimum absolute atomic E-state index is 0.107. The third-order valence-corrected chi connectivity index (χ3v) is 4.81. The summed E-state index contributed by atoms with van der Waals surface area (Å²) in [6, 6.07) is 5.81. The van der Waals surface area contributed by atoms with E-state index in [0.717, 1.165) is 6.20 Å². The predicted molar refractivity (Wildman–Crippen MR) is 109 cm³/mol. The van der Waals surface area contributed by atoms with Gasteiger partial charge in [-0.3, -0.25) is 4.79 Å². The number of rotatable bonds is 6. The number of anilines is 1. The van der Waals surface area contributed by atoms with Crippen molar-refractivity contribution in [2.75, 3.05) is 12.4 Å². The third-order valence-electron chi connectivity index (χ3n) is 4.38. The van der Waals surface area contributed by atoms with E-state index in [-0.39, 0.29) is 29.4 Å². The first-order valence-corrected chi connectivity index (χ1v) is 9.51. The van der Waals surface area contributed by atoms with E-state index in [2.05, 4.69) is 41.2 Å². The number of carbonyl (C=O) groups excluding carboxylic acids is 1. The molecule has 30 heavy (non-hydrogen) atoms. The molecule has 0 unspecified atom stereocenters. The second-order valence-corrected chi connectivity index (χ2v) is 7.21. The molecule has 0 aromatic carbocycles. The van der Waals surface area contributed by atoms with Gasteiger partial charge in [0.2, 0.25) is 11.8 Å². The van der Waals surface area contributed by atoms with Crippen LogP contribution in [0.3, 0.4) is 0 Å². The summed E-state index contributed by atoms with van der Waals surface area (Å²) in [5, 5.41) is 3.44. The second-order valence-electron chi connectivity index (χ2n) is 6.29. The molecule has 4 aromatic rings. The number of H-pyrrole nitrogens is 1. The van der Waals surface area contributed by atoms with Gasteiger partial charge in [0, 0.05) is 39.9 Å². The van der Waals surface area contributed by atoms with Crippen LogP contribution < -0.4 is 10.1 Å². The number of halogens is 3. The van der Waals surface area contributed by atoms with Gasteiger partial charge < -0.3 is 15.0 Å². The number of aromatic nitrogens is 4. The van der Waals surface area contributed by atoms with Gasteiger partial charge in [0.25, 0.3) is 0 Å². The highest BCUT2D eigenvalue weighted by molar-refractivity contribution is 9.10. The van der Waals surface area contributed by atoms with Crippen molar-refractivity contribution in [2.24, 2.45) is 0 Å². The molecule has 0 fully saturated rings. The maximum absolute atomic E-state index is 14.6. The van der Waals surface area contributed by atoms with E-state index in [1.165, 1.54) is 31.5 Å². The highest BCUT2D eigenvalue weighted by atomic mass is 79.9. The monoisotopic (exact) mass is 473 g/mol. The number of ketones is 1. The fourth-order valence-electron chi connectivity index (χ4n) is 2.98. The molecule has 2 N–H and O–H groups in total. The normalized spacial score (nSPS) is 10.9. The molecule has 4 heterocycles. The number of nitrogens with zero attached hydrogens (tertiary/aromatic N) is 3. The summed E-state index contributed by atoms with van der Waals surface area (Å²) >= 11 is 3.31. The quantitative estimate of drug-likeness (QED) is 0.321. The molecular formula is C20H14BrF2N5O2. The molecule has 0 amide bonds. The lowest BCUT2D eigenvalue weighted by Crippen LogP contribution is -2.09. The van der Waals surface area contributed by atoms with Crippen LogP contribution in [-0.4, -0.2) is 32.8 Å². The van der Waals surface area contributed by atoms with Crippen LogP contribution in [0.4, 0.5) is 14.6 Å². The Kier molecular flexibility index (Phi) is 5.40. The Morgan fingerprint density at radius 3 is 2.80 bits per heavy atom. The molecule has 0 saturated carbocycles. The van der Waals surface area contributed by atoms with Gasteiger partial charge in [0.1, 0.15) is 17.3 Å². The first kappa shape index (κ1) is 19.9. The van der Waals surface area contributed by atoms with Crippen molar-refractivity contribution >= 4 is 38.6 Å². The zero-order chi connectivity index (χ0) is 21.3. The van der Waals surface area contributed by atoms with Crippen LogP contribution in [0.2, 0.25) is 0 Å². The number of pyridine rings is 3. The summed E-state index contributed by atoms with van der Waals surface area (Å²) in [6.07, 6.45) is 4.12. The lowest BCUT2D eigenvalue weighted by Gasteiger charge is -2.10. The molecule has 4 rings (SSSR count). The van der Waals surface area contributed by atoms with E-state index in [9.17, 15) is 13.6 Å². The Balaban J connectivity index is 1.56. The minimum Gasteiger partial charge on any atom is -0.481 e. The van der Waals surface area contributed by atoms with Crippen LogP contribution in [0.5, 0.6) is 5.88 Å². The van der Waals surface area contributed by atoms with Crippen molar-refractivity contribution in [2.45, 2.75) is 6.54 Å². The molecule has 0 bridgehead atoms. The smallest absolute Gasteiger partial charge is 0.226 e. The topological polar surface area (TPSA) is 92.8 Å². The number of aromatic amines is 1. The fourth-order valence-corrected chi connectivity index (χ4v) is 3.31. The van der Waals surface area contributed by atoms with Gasteiger partial charge in [-0.2, -0.15) is 4.39 Å². The molecule has 0 saturated heterocycles. The molecule has 4 aromatic heterocycles. The molecule has 7 nitrogen and oxygen atoms in total. The van der Waals surface area contributed by atoms with E-state index in [1.54, 1.807) is 12.3 Å². The van der Waals surface area contributed by atoms with Gasteiger partial charge in [-0.15, -0.1) is 0 Å². The van der Waals surface area contributed by atoms with E-state index in [4.69, 9.17) is 4.74 Å². The largest absolute Gasteiger partial charge is 0.481 e. The number of carbonyl (C=O) groups is 1. The summed E-state index contributed by atoms with van der Waals surface area (Å²) in [7, 11) is 1.42. The van der Waals surface area contributed by atoms with Crippen LogP contribution in [0.25, 0.3) is 11.0 Å². The molecule has 0 aliphatic heterocycles. The number of methoxy groups -OCH3 is 1. The molecule has 0 aliphatic rings. The first-order chi connectivity index (χ1) is 14.5. The van der Waals surface area contributed by atoms with E-state index < -0.39 is 17.5 Å². The molecule has 0 aliphatic carbocycles. The van der Waals surface area contributed by atoms with Crippen LogP contribution in [0, 0.1) is 11.8 Å². The highest BCUT2D eigenvalue weighted by Crippen LogP contribution is 2.24. The van der Waals surface area contributed by atoms with E-state index in [0.29, 0.717) is 21.1 Å². The SMILES string of the molecule is COc1ncc(F)cc1CNc1ccc(C(=O)c2c[nH]c3ncc(Br)cc23)c(F)n1. The predicted octanol–water partition coefficient (Wildman–Crippen LogP) is 4.25.